The molecule has 2 aliphatic carbocycles. The van der Waals surface area contributed by atoms with E-state index in [0.717, 1.165) is 37.4 Å². The van der Waals surface area contributed by atoms with Crippen LogP contribution < -0.4 is 10.2 Å². The highest BCUT2D eigenvalue weighted by Gasteiger charge is 2.38. The van der Waals surface area contributed by atoms with Crippen molar-refractivity contribution in [3.8, 4) is 0 Å². The van der Waals surface area contributed by atoms with E-state index in [1.54, 1.807) is 0 Å². The molecule has 1 aromatic heterocycles. The first-order valence-corrected chi connectivity index (χ1v) is 8.08. The van der Waals surface area contributed by atoms with Gasteiger partial charge in [0.05, 0.1) is 12.7 Å². The maximum Gasteiger partial charge on any atom is 0.230 e. The number of hydrogen-bond acceptors (Lipinski definition) is 6. The molecule has 6 nitrogen and oxygen atoms in total. The summed E-state index contributed by atoms with van der Waals surface area (Å²) < 4.78 is 5.61. The van der Waals surface area contributed by atoms with Gasteiger partial charge in [0.25, 0.3) is 0 Å². The molecule has 3 atom stereocenters. The van der Waals surface area contributed by atoms with Crippen LogP contribution in [0.5, 0.6) is 0 Å². The number of morpholine rings is 1. The van der Waals surface area contributed by atoms with Gasteiger partial charge in [-0.15, -0.1) is 0 Å². The summed E-state index contributed by atoms with van der Waals surface area (Å²) in [5.41, 5.74) is 0. The Bertz CT molecular complexity index is 533. The Hall–Kier alpha value is -1.43. The van der Waals surface area contributed by atoms with Crippen LogP contribution in [0.25, 0.3) is 0 Å². The summed E-state index contributed by atoms with van der Waals surface area (Å²) in [4.78, 5) is 16.3. The minimum atomic E-state index is 0.235. The van der Waals surface area contributed by atoms with Gasteiger partial charge in [-0.3, -0.25) is 0 Å². The summed E-state index contributed by atoms with van der Waals surface area (Å²) in [5.74, 6) is 3.77. The van der Waals surface area contributed by atoms with E-state index >= 15 is 0 Å². The zero-order valence-corrected chi connectivity index (χ0v) is 12.7. The summed E-state index contributed by atoms with van der Waals surface area (Å²) >= 11 is 0. The second-order valence-corrected chi connectivity index (χ2v) is 6.68. The van der Waals surface area contributed by atoms with Gasteiger partial charge < -0.3 is 15.0 Å². The molecule has 114 valence electrons. The van der Waals surface area contributed by atoms with Crippen molar-refractivity contribution in [3.05, 3.63) is 5.82 Å². The molecule has 2 saturated carbocycles. The highest BCUT2D eigenvalue weighted by molar-refractivity contribution is 5.40. The van der Waals surface area contributed by atoms with Crippen molar-refractivity contribution in [2.75, 3.05) is 29.9 Å². The molecule has 1 aliphatic heterocycles. The monoisotopic (exact) mass is 289 g/mol. The van der Waals surface area contributed by atoms with Crippen LogP contribution in [0, 0.1) is 5.92 Å². The summed E-state index contributed by atoms with van der Waals surface area (Å²) in [6.45, 7) is 6.82. The van der Waals surface area contributed by atoms with E-state index in [9.17, 15) is 0 Å². The van der Waals surface area contributed by atoms with E-state index in [4.69, 9.17) is 9.72 Å². The Morgan fingerprint density at radius 1 is 1.19 bits per heavy atom. The smallest absolute Gasteiger partial charge is 0.230 e. The summed E-state index contributed by atoms with van der Waals surface area (Å²) in [6.07, 6.45) is 3.89. The molecule has 1 aromatic rings. The van der Waals surface area contributed by atoms with E-state index in [1.165, 1.54) is 19.3 Å². The number of rotatable bonds is 4. The lowest BCUT2D eigenvalue weighted by Gasteiger charge is -2.31. The molecule has 0 aromatic carbocycles. The third-order valence-corrected chi connectivity index (χ3v) is 4.52. The quantitative estimate of drug-likeness (QED) is 0.912. The second kappa shape index (κ2) is 5.09. The summed E-state index contributed by atoms with van der Waals surface area (Å²) in [5, 5.41) is 3.42. The van der Waals surface area contributed by atoms with Gasteiger partial charge in [0, 0.05) is 25.0 Å². The third kappa shape index (κ3) is 2.95. The molecule has 4 rings (SSSR count). The minimum absolute atomic E-state index is 0.235. The number of nitrogens with zero attached hydrogens (tertiary/aromatic N) is 4. The molecule has 1 N–H and O–H groups in total. The fourth-order valence-corrected chi connectivity index (χ4v) is 2.84. The summed E-state index contributed by atoms with van der Waals surface area (Å²) in [7, 11) is 0. The van der Waals surface area contributed by atoms with Crippen molar-refractivity contribution < 1.29 is 4.74 Å². The number of anilines is 2. The van der Waals surface area contributed by atoms with Gasteiger partial charge in [-0.2, -0.15) is 15.0 Å². The number of ether oxygens (including phenoxy) is 1. The van der Waals surface area contributed by atoms with Gasteiger partial charge in [-0.05, 0) is 32.1 Å². The van der Waals surface area contributed by atoms with E-state index in [0.29, 0.717) is 17.9 Å². The Balaban J connectivity index is 1.61. The molecule has 6 heteroatoms. The SMILES string of the molecule is CC1CN(c2nc(NC3CC3)nc(C3CC3C)n2)CCO1. The van der Waals surface area contributed by atoms with Crippen LogP contribution in [0.1, 0.15) is 44.9 Å². The molecular formula is C15H23N5O. The van der Waals surface area contributed by atoms with Gasteiger partial charge in [-0.25, -0.2) is 0 Å². The topological polar surface area (TPSA) is 63.2 Å². The van der Waals surface area contributed by atoms with Crippen LogP contribution in [0.3, 0.4) is 0 Å². The molecule has 1 saturated heterocycles. The molecule has 0 bridgehead atoms. The van der Waals surface area contributed by atoms with Gasteiger partial charge in [0.1, 0.15) is 5.82 Å². The average molecular weight is 289 g/mol. The van der Waals surface area contributed by atoms with Crippen molar-refractivity contribution in [1.82, 2.24) is 15.0 Å². The fourth-order valence-electron chi connectivity index (χ4n) is 2.84. The average Bonchev–Trinajstić information content (AvgIpc) is 3.37. The van der Waals surface area contributed by atoms with Gasteiger partial charge >= 0.3 is 0 Å². The van der Waals surface area contributed by atoms with Gasteiger partial charge in [-0.1, -0.05) is 6.92 Å². The standard InChI is InChI=1S/C15H23N5O/c1-9-7-12(9)13-17-14(16-11-3-4-11)19-15(18-13)20-5-6-21-10(2)8-20/h9-12H,3-8H2,1-2H3,(H,16,17,18,19). The van der Waals surface area contributed by atoms with Crippen LogP contribution in [-0.2, 0) is 4.74 Å². The van der Waals surface area contributed by atoms with Crippen LogP contribution >= 0.6 is 0 Å². The lowest BCUT2D eigenvalue weighted by atomic mass is 10.3. The Kier molecular flexibility index (Phi) is 3.21. The number of aromatic nitrogens is 3. The fraction of sp³-hybridized carbons (Fsp3) is 0.800. The van der Waals surface area contributed by atoms with Crippen molar-refractivity contribution >= 4 is 11.9 Å². The third-order valence-electron chi connectivity index (χ3n) is 4.52. The molecule has 21 heavy (non-hydrogen) atoms. The molecule has 3 fully saturated rings. The Morgan fingerprint density at radius 2 is 2.00 bits per heavy atom. The second-order valence-electron chi connectivity index (χ2n) is 6.68. The number of hydrogen-bond donors (Lipinski definition) is 1. The zero-order chi connectivity index (χ0) is 14.4. The number of nitrogens with one attached hydrogen (secondary N) is 1. The van der Waals surface area contributed by atoms with Crippen molar-refractivity contribution in [2.24, 2.45) is 5.92 Å². The molecule has 3 aliphatic rings. The highest BCUT2D eigenvalue weighted by atomic mass is 16.5. The first-order valence-electron chi connectivity index (χ1n) is 8.08. The van der Waals surface area contributed by atoms with Crippen LogP contribution in [-0.4, -0.2) is 46.8 Å². The van der Waals surface area contributed by atoms with E-state index in [1.807, 2.05) is 0 Å². The van der Waals surface area contributed by atoms with Crippen LogP contribution in [0.2, 0.25) is 0 Å². The molecule has 2 heterocycles. The maximum absolute atomic E-state index is 5.61. The lowest BCUT2D eigenvalue weighted by molar-refractivity contribution is 0.0526. The van der Waals surface area contributed by atoms with E-state index in [2.05, 4.69) is 34.0 Å². The maximum atomic E-state index is 5.61. The Labute approximate surface area is 125 Å². The Morgan fingerprint density at radius 3 is 2.67 bits per heavy atom. The first-order chi connectivity index (χ1) is 10.2. The molecule has 0 radical (unpaired) electrons. The van der Waals surface area contributed by atoms with Crippen LogP contribution in [0.15, 0.2) is 0 Å². The first kappa shape index (κ1) is 13.2. The van der Waals surface area contributed by atoms with Crippen molar-refractivity contribution in [3.63, 3.8) is 0 Å². The molecular weight excluding hydrogens is 266 g/mol. The molecule has 0 spiro atoms. The van der Waals surface area contributed by atoms with Crippen LogP contribution in [0.4, 0.5) is 11.9 Å². The van der Waals surface area contributed by atoms with E-state index in [-0.39, 0.29) is 6.10 Å². The van der Waals surface area contributed by atoms with Gasteiger partial charge in [0.2, 0.25) is 11.9 Å². The molecule has 0 amide bonds. The predicted octanol–water partition coefficient (Wildman–Crippen LogP) is 1.79. The van der Waals surface area contributed by atoms with Crippen molar-refractivity contribution in [1.29, 1.82) is 0 Å². The summed E-state index contributed by atoms with van der Waals surface area (Å²) in [6, 6.07) is 0.563. The minimum Gasteiger partial charge on any atom is -0.375 e. The zero-order valence-electron chi connectivity index (χ0n) is 12.7. The largest absolute Gasteiger partial charge is 0.375 e. The normalized spacial score (nSPS) is 32.1. The highest BCUT2D eigenvalue weighted by Crippen LogP contribution is 2.45. The van der Waals surface area contributed by atoms with Crippen molar-refractivity contribution in [2.45, 2.75) is 51.2 Å². The molecule has 3 unspecified atom stereocenters. The van der Waals surface area contributed by atoms with Gasteiger partial charge in [0.15, 0.2) is 0 Å². The lowest BCUT2D eigenvalue weighted by Crippen LogP contribution is -2.42. The van der Waals surface area contributed by atoms with E-state index < -0.39 is 0 Å². The predicted molar refractivity (Wildman–Crippen MR) is 80.6 cm³/mol.